The molecule has 5 aromatic heterocycles. The molecule has 0 aliphatic heterocycles. The van der Waals surface area contributed by atoms with E-state index in [4.69, 9.17) is 20.6 Å². The van der Waals surface area contributed by atoms with Crippen molar-refractivity contribution in [2.45, 2.75) is 13.0 Å². The van der Waals surface area contributed by atoms with Crippen molar-refractivity contribution in [3.63, 3.8) is 0 Å². The molecule has 1 aromatic carbocycles. The Balaban J connectivity index is 0.00000154. The first kappa shape index (κ1) is 34.8. The first-order chi connectivity index (χ1) is 18.4. The Kier molecular flexibility index (Phi) is 11.4. The molecule has 42 heavy (non-hydrogen) atoms. The second kappa shape index (κ2) is 13.7. The van der Waals surface area contributed by atoms with Gasteiger partial charge in [-0.1, -0.05) is 23.5 Å². The van der Waals surface area contributed by atoms with E-state index < -0.39 is 23.2 Å². The zero-order chi connectivity index (χ0) is 26.6. The summed E-state index contributed by atoms with van der Waals surface area (Å²) in [7, 11) is 1.52. The fourth-order valence-corrected chi connectivity index (χ4v) is 5.09. The van der Waals surface area contributed by atoms with Crippen molar-refractivity contribution in [2.75, 3.05) is 12.8 Å². The summed E-state index contributed by atoms with van der Waals surface area (Å²) in [5.74, 6) is -0.929. The van der Waals surface area contributed by atoms with E-state index in [0.717, 1.165) is 10.6 Å². The summed E-state index contributed by atoms with van der Waals surface area (Å²) < 4.78 is 36.2. The molecular formula is C27H24F2N8O2SW2-2. The minimum Gasteiger partial charge on any atom is -0.473 e. The van der Waals surface area contributed by atoms with E-state index in [1.807, 2.05) is 0 Å². The molecule has 0 aliphatic rings. The zero-order valence-corrected chi connectivity index (χ0v) is 29.5. The average molecular weight is 930 g/mol. The molecule has 6 aromatic rings. The van der Waals surface area contributed by atoms with Crippen LogP contribution in [0.25, 0.3) is 38.4 Å². The van der Waals surface area contributed by atoms with Gasteiger partial charge in [-0.25, -0.2) is 33.4 Å². The molecule has 1 atom stereocenters. The van der Waals surface area contributed by atoms with Gasteiger partial charge in [0.25, 0.3) is 10.8 Å². The van der Waals surface area contributed by atoms with Crippen LogP contribution in [-0.2, 0) is 42.1 Å². The Morgan fingerprint density at radius 2 is 1.81 bits per heavy atom. The average Bonchev–Trinajstić information content (AvgIpc) is 3.54. The molecule has 0 aliphatic carbocycles. The molecule has 0 saturated carbocycles. The minimum absolute atomic E-state index is 0. The standard InChI is InChI=1S/C25H18F2N8O2S.2CH3.2W/c1-12(35-23-19(22(28)30-11-31-23)21(33-35)16-9-29-25(37-2)38-16)20-18(13-4-3-5-14(26)8-13)24(36)34-10-15(27)6-7-17(34)32-20;;;;/h3-12H,1-2H3,(H2,28,30,31);2*1H3;;/q;2*-1;;/t12-;;;;/m1..../s1. The molecule has 0 saturated heterocycles. The number of rotatable bonds is 5. The maximum atomic E-state index is 14.2. The van der Waals surface area contributed by atoms with Gasteiger partial charge in [0.05, 0.1) is 40.9 Å². The van der Waals surface area contributed by atoms with Gasteiger partial charge >= 0.3 is 0 Å². The van der Waals surface area contributed by atoms with Crippen LogP contribution in [0.1, 0.15) is 18.7 Å². The van der Waals surface area contributed by atoms with Crippen molar-refractivity contribution in [1.29, 1.82) is 0 Å². The third-order valence-corrected chi connectivity index (χ3v) is 7.07. The minimum atomic E-state index is -0.684. The molecule has 0 bridgehead atoms. The van der Waals surface area contributed by atoms with E-state index >= 15 is 0 Å². The Hall–Kier alpha value is -3.40. The number of pyridine rings is 1. The van der Waals surface area contributed by atoms with Crippen LogP contribution in [0.5, 0.6) is 5.19 Å². The smallest absolute Gasteiger partial charge is 0.273 e. The second-order valence-electron chi connectivity index (χ2n) is 8.38. The van der Waals surface area contributed by atoms with Crippen molar-refractivity contribution < 1.29 is 55.6 Å². The maximum absolute atomic E-state index is 14.2. The first-order valence-electron chi connectivity index (χ1n) is 11.3. The number of aromatic nitrogens is 7. The van der Waals surface area contributed by atoms with E-state index in [9.17, 15) is 13.6 Å². The van der Waals surface area contributed by atoms with Gasteiger partial charge in [0.1, 0.15) is 35.1 Å². The molecule has 10 nitrogen and oxygen atoms in total. The summed E-state index contributed by atoms with van der Waals surface area (Å²) in [6, 6.07) is 7.52. The molecule has 0 unspecified atom stereocenters. The van der Waals surface area contributed by atoms with Crippen LogP contribution < -0.4 is 16.0 Å². The molecule has 15 heteroatoms. The quantitative estimate of drug-likeness (QED) is 0.240. The summed E-state index contributed by atoms with van der Waals surface area (Å²) in [6.45, 7) is 1.78. The number of anilines is 1. The van der Waals surface area contributed by atoms with Crippen molar-refractivity contribution >= 4 is 33.8 Å². The summed E-state index contributed by atoms with van der Waals surface area (Å²) in [5, 5.41) is 5.73. The monoisotopic (exact) mass is 930 g/mol. The number of thiazole rings is 1. The first-order valence-corrected chi connectivity index (χ1v) is 12.1. The summed E-state index contributed by atoms with van der Waals surface area (Å²) >= 11 is 1.27. The van der Waals surface area contributed by atoms with Gasteiger partial charge in [-0.3, -0.25) is 9.20 Å². The second-order valence-corrected chi connectivity index (χ2v) is 9.38. The van der Waals surface area contributed by atoms with Crippen LogP contribution in [0, 0.1) is 26.5 Å². The van der Waals surface area contributed by atoms with Crippen molar-refractivity contribution in [3.8, 4) is 26.9 Å². The summed E-state index contributed by atoms with van der Waals surface area (Å²) in [5.41, 5.74) is 7.48. The Bertz CT molecular complexity index is 1930. The number of nitrogen functional groups attached to an aromatic ring is 1. The molecule has 0 radical (unpaired) electrons. The largest absolute Gasteiger partial charge is 0.473 e. The van der Waals surface area contributed by atoms with Gasteiger partial charge in [-0.05, 0) is 36.8 Å². The van der Waals surface area contributed by atoms with Crippen LogP contribution in [0.15, 0.2) is 59.9 Å². The fourth-order valence-electron chi connectivity index (χ4n) is 4.36. The molecular weight excluding hydrogens is 906 g/mol. The number of hydrogen-bond donors (Lipinski definition) is 1. The number of fused-ring (bicyclic) bond motifs is 2. The number of hydrogen-bond acceptors (Lipinski definition) is 9. The van der Waals surface area contributed by atoms with Gasteiger partial charge in [0, 0.05) is 48.3 Å². The van der Waals surface area contributed by atoms with Gasteiger partial charge < -0.3 is 25.3 Å². The zero-order valence-electron chi connectivity index (χ0n) is 22.8. The van der Waals surface area contributed by atoms with Crippen molar-refractivity contribution in [3.05, 3.63) is 97.7 Å². The van der Waals surface area contributed by atoms with E-state index in [0.29, 0.717) is 38.1 Å². The van der Waals surface area contributed by atoms with Crippen LogP contribution in [0.3, 0.4) is 0 Å². The summed E-state index contributed by atoms with van der Waals surface area (Å²) in [4.78, 5) is 31.8. The van der Waals surface area contributed by atoms with Crippen LogP contribution in [0.2, 0.25) is 0 Å². The Labute approximate surface area is 272 Å². The molecule has 5 heterocycles. The maximum Gasteiger partial charge on any atom is 0.273 e. The van der Waals surface area contributed by atoms with Crippen molar-refractivity contribution in [2.24, 2.45) is 0 Å². The molecule has 0 spiro atoms. The fraction of sp³-hybridized carbons (Fsp3) is 0.111. The number of benzene rings is 1. The van der Waals surface area contributed by atoms with E-state index in [1.54, 1.807) is 23.9 Å². The Morgan fingerprint density at radius 3 is 2.50 bits per heavy atom. The van der Waals surface area contributed by atoms with E-state index in [-0.39, 0.29) is 74.0 Å². The number of ether oxygens (including phenoxy) is 1. The number of nitrogens with two attached hydrogens (primary N) is 1. The topological polar surface area (TPSA) is 126 Å². The third-order valence-electron chi connectivity index (χ3n) is 6.10. The van der Waals surface area contributed by atoms with Crippen molar-refractivity contribution in [1.82, 2.24) is 34.1 Å². The van der Waals surface area contributed by atoms with Gasteiger partial charge in [-0.2, -0.15) is 5.10 Å². The number of halogens is 2. The van der Waals surface area contributed by atoms with E-state index in [1.165, 1.54) is 55.1 Å². The predicted octanol–water partition coefficient (Wildman–Crippen LogP) is 5.00. The third kappa shape index (κ3) is 5.91. The van der Waals surface area contributed by atoms with Crippen LogP contribution in [-0.4, -0.2) is 41.2 Å². The molecule has 6 rings (SSSR count). The van der Waals surface area contributed by atoms with Gasteiger partial charge in [-0.15, -0.1) is 0 Å². The SMILES string of the molecule is COc1ncc(-c2nn([C@H](C)c3nc4ccc(F)cn4c(=O)c3-c3cccc(F)c3)c3ncnc(N)c23)s1.[CH3-].[CH3-].[W].[W]. The van der Waals surface area contributed by atoms with Crippen LogP contribution in [0.4, 0.5) is 14.6 Å². The predicted molar refractivity (Wildman–Crippen MR) is 151 cm³/mol. The van der Waals surface area contributed by atoms with E-state index in [2.05, 4.69) is 15.0 Å². The van der Waals surface area contributed by atoms with Gasteiger partial charge in [0.2, 0.25) is 0 Å². The van der Waals surface area contributed by atoms with Gasteiger partial charge in [0.15, 0.2) is 5.65 Å². The summed E-state index contributed by atoms with van der Waals surface area (Å²) in [6.07, 6.45) is 3.98. The molecule has 218 valence electrons. The van der Waals surface area contributed by atoms with Crippen LogP contribution >= 0.6 is 11.3 Å². The Morgan fingerprint density at radius 1 is 1.05 bits per heavy atom. The molecule has 0 fully saturated rings. The number of methoxy groups -OCH3 is 1. The normalized spacial score (nSPS) is 11.1. The molecule has 2 N–H and O–H groups in total. The molecule has 0 amide bonds. The number of nitrogens with zero attached hydrogens (tertiary/aromatic N) is 7.